The van der Waals surface area contributed by atoms with Crippen molar-refractivity contribution in [3.05, 3.63) is 29.8 Å². The van der Waals surface area contributed by atoms with Crippen LogP contribution in [0, 0.1) is 40.4 Å². The number of hydrogen-bond acceptors (Lipinski definition) is 11. The number of ether oxygens (including phenoxy) is 5. The van der Waals surface area contributed by atoms with E-state index in [2.05, 4.69) is 11.8 Å². The Kier molecular flexibility index (Phi) is 7.75. The van der Waals surface area contributed by atoms with Gasteiger partial charge in [0.1, 0.15) is 11.2 Å². The SMILES string of the molecule is CCN1C[C@]2(COC(=O)c3ccccc3N3C(=O)C[C@@H](C)C3=O)CCC(OC)C34C1C(O)([C@@H](OC)[C@@H]32)[C@@]1(O)C[C@H](OC)[C@H]2C[C@@H]4[C@@H]1[C@H]2OC. The van der Waals surface area contributed by atoms with Crippen LogP contribution in [0.2, 0.25) is 0 Å². The summed E-state index contributed by atoms with van der Waals surface area (Å²) in [5.74, 6) is -2.47. The van der Waals surface area contributed by atoms with Gasteiger partial charge in [0.2, 0.25) is 11.8 Å². The molecule has 7 bridgehead atoms. The van der Waals surface area contributed by atoms with Gasteiger partial charge in [0.15, 0.2) is 0 Å². The largest absolute Gasteiger partial charge is 0.461 e. The quantitative estimate of drug-likeness (QED) is 0.292. The van der Waals surface area contributed by atoms with E-state index in [1.807, 2.05) is 0 Å². The zero-order valence-corrected chi connectivity index (χ0v) is 29.3. The molecule has 268 valence electrons. The van der Waals surface area contributed by atoms with Crippen molar-refractivity contribution >= 4 is 23.5 Å². The van der Waals surface area contributed by atoms with Crippen molar-refractivity contribution in [2.75, 3.05) is 53.0 Å². The average molecular weight is 683 g/mol. The highest BCUT2D eigenvalue weighted by molar-refractivity contribution is 6.22. The summed E-state index contributed by atoms with van der Waals surface area (Å²) in [6.45, 7) is 4.95. The Bertz CT molecular complexity index is 1560. The molecule has 5 saturated carbocycles. The Labute approximate surface area is 287 Å². The highest BCUT2D eigenvalue weighted by atomic mass is 16.5. The van der Waals surface area contributed by atoms with Crippen molar-refractivity contribution < 1.29 is 48.3 Å². The fraction of sp³-hybridized carbons (Fsp3) is 0.757. The van der Waals surface area contributed by atoms with Crippen molar-refractivity contribution in [3.63, 3.8) is 0 Å². The Morgan fingerprint density at radius 1 is 1.04 bits per heavy atom. The maximum Gasteiger partial charge on any atom is 0.340 e. The molecule has 0 aromatic heterocycles. The number of amides is 2. The third kappa shape index (κ3) is 3.86. The van der Waals surface area contributed by atoms with Crippen LogP contribution in [-0.4, -0.2) is 123 Å². The molecule has 2 aliphatic heterocycles. The lowest BCUT2D eigenvalue weighted by atomic mass is 9.42. The zero-order valence-electron chi connectivity index (χ0n) is 29.3. The van der Waals surface area contributed by atoms with E-state index < -0.39 is 46.1 Å². The van der Waals surface area contributed by atoms with Gasteiger partial charge in [-0.1, -0.05) is 26.0 Å². The number of esters is 1. The van der Waals surface area contributed by atoms with E-state index in [-0.39, 0.29) is 84.5 Å². The van der Waals surface area contributed by atoms with Gasteiger partial charge in [-0.3, -0.25) is 14.5 Å². The molecule has 0 radical (unpaired) electrons. The van der Waals surface area contributed by atoms with Gasteiger partial charge >= 0.3 is 5.97 Å². The Hall–Kier alpha value is -2.45. The number of anilines is 1. The van der Waals surface area contributed by atoms with Crippen molar-refractivity contribution in [3.8, 4) is 0 Å². The number of aliphatic hydroxyl groups is 2. The Morgan fingerprint density at radius 3 is 2.43 bits per heavy atom. The van der Waals surface area contributed by atoms with Crippen LogP contribution in [0.1, 0.15) is 56.3 Å². The number of likely N-dealkylation sites (N-methyl/N-ethyl adjacent to an activating group) is 1. The molecule has 1 aromatic rings. The number of nitrogens with zero attached hydrogens (tertiary/aromatic N) is 2. The summed E-state index contributed by atoms with van der Waals surface area (Å²) in [6.07, 6.45) is 0.813. The van der Waals surface area contributed by atoms with E-state index >= 15 is 0 Å². The standard InChI is InChI=1S/C37H50N2O10/c1-7-38-17-34(18-49-32(42)20-10-8-9-11-23(20)39-26(40)14-19(2)31(39)41)13-12-25(46-4)36-22-15-21-24(45-3)16-35(43,27(22)28(21)47-5)37(44,33(36)38)30(48-6)29(34)36/h8-11,19,21-22,24-25,27-30,33,43-44H,7,12-18H2,1-6H3/t19-,21-,22-,24+,25?,27-,28+,29-,30+,33?,34+,35-,36?,37?/m1/s1. The van der Waals surface area contributed by atoms with Gasteiger partial charge in [-0.15, -0.1) is 0 Å². The van der Waals surface area contributed by atoms with E-state index in [9.17, 15) is 24.6 Å². The van der Waals surface area contributed by atoms with Gasteiger partial charge in [0.25, 0.3) is 0 Å². The van der Waals surface area contributed by atoms with E-state index in [0.29, 0.717) is 25.9 Å². The van der Waals surface area contributed by atoms with Crippen molar-refractivity contribution in [1.82, 2.24) is 4.90 Å². The van der Waals surface area contributed by atoms with E-state index in [0.717, 1.165) is 11.3 Å². The molecular formula is C37H50N2O10. The van der Waals surface area contributed by atoms with Gasteiger partial charge in [-0.2, -0.15) is 0 Å². The molecule has 12 nitrogen and oxygen atoms in total. The van der Waals surface area contributed by atoms with Crippen LogP contribution >= 0.6 is 0 Å². The number of para-hydroxylation sites is 1. The highest BCUT2D eigenvalue weighted by Gasteiger charge is 2.91. The fourth-order valence-electron chi connectivity index (χ4n) is 13.2. The molecular weight excluding hydrogens is 632 g/mol. The number of imide groups is 1. The second-order valence-corrected chi connectivity index (χ2v) is 16.0. The van der Waals surface area contributed by atoms with Crippen LogP contribution in [0.3, 0.4) is 0 Å². The van der Waals surface area contributed by atoms with Gasteiger partial charge < -0.3 is 33.9 Å². The maximum atomic E-state index is 14.1. The zero-order chi connectivity index (χ0) is 34.8. The third-order valence-corrected chi connectivity index (χ3v) is 14.5. The summed E-state index contributed by atoms with van der Waals surface area (Å²) >= 11 is 0. The number of carbonyl (C=O) groups is 3. The predicted octanol–water partition coefficient (Wildman–Crippen LogP) is 2.04. The van der Waals surface area contributed by atoms with Gasteiger partial charge in [0.05, 0.1) is 48.3 Å². The smallest absolute Gasteiger partial charge is 0.340 e. The minimum Gasteiger partial charge on any atom is -0.461 e. The molecule has 2 saturated heterocycles. The molecule has 2 amide bonds. The number of methoxy groups -OCH3 is 4. The monoisotopic (exact) mass is 682 g/mol. The first-order valence-corrected chi connectivity index (χ1v) is 17.9. The Balaban J connectivity index is 1.23. The Morgan fingerprint density at radius 2 is 1.80 bits per heavy atom. The molecule has 8 rings (SSSR count). The number of likely N-dealkylation sites (tertiary alicyclic amines) is 1. The molecule has 7 fully saturated rings. The van der Waals surface area contributed by atoms with Crippen molar-refractivity contribution in [2.24, 2.45) is 40.4 Å². The molecule has 1 spiro atoms. The molecule has 7 aliphatic rings. The van der Waals surface area contributed by atoms with Gasteiger partial charge in [-0.05, 0) is 43.9 Å². The molecule has 2 heterocycles. The van der Waals surface area contributed by atoms with Crippen molar-refractivity contribution in [1.29, 1.82) is 0 Å². The summed E-state index contributed by atoms with van der Waals surface area (Å²) < 4.78 is 31.4. The first-order valence-electron chi connectivity index (χ1n) is 17.9. The first-order chi connectivity index (χ1) is 23.4. The summed E-state index contributed by atoms with van der Waals surface area (Å²) in [4.78, 5) is 43.3. The molecule has 2 N–H and O–H groups in total. The lowest BCUT2D eigenvalue weighted by molar-refractivity contribution is -0.320. The topological polar surface area (TPSA) is 144 Å². The molecule has 12 heteroatoms. The maximum absolute atomic E-state index is 14.1. The summed E-state index contributed by atoms with van der Waals surface area (Å²) in [7, 11) is 6.70. The second-order valence-electron chi connectivity index (χ2n) is 16.0. The molecule has 1 aromatic carbocycles. The number of rotatable bonds is 9. The van der Waals surface area contributed by atoms with Crippen molar-refractivity contribution in [2.45, 2.75) is 87.6 Å². The van der Waals surface area contributed by atoms with Gasteiger partial charge in [-0.25, -0.2) is 9.69 Å². The molecule has 4 unspecified atom stereocenters. The van der Waals surface area contributed by atoms with Crippen LogP contribution in [-0.2, 0) is 33.3 Å². The minimum atomic E-state index is -1.70. The summed E-state index contributed by atoms with van der Waals surface area (Å²) in [5.41, 5.74) is -4.17. The number of carbonyl (C=O) groups excluding carboxylic acids is 3. The predicted molar refractivity (Wildman–Crippen MR) is 174 cm³/mol. The molecule has 5 aliphatic carbocycles. The number of benzene rings is 1. The molecule has 14 atom stereocenters. The number of fused-ring (bicyclic) bond motifs is 2. The second kappa shape index (κ2) is 11.3. The number of piperidine rings is 1. The van der Waals surface area contributed by atoms with Crippen LogP contribution in [0.5, 0.6) is 0 Å². The highest BCUT2D eigenvalue weighted by Crippen LogP contribution is 2.80. The lowest BCUT2D eigenvalue weighted by Crippen LogP contribution is -2.82. The fourth-order valence-corrected chi connectivity index (χ4v) is 13.2. The van der Waals surface area contributed by atoms with Gasteiger partial charge in [0, 0.05) is 82.3 Å². The van der Waals surface area contributed by atoms with E-state index in [1.165, 1.54) is 0 Å². The van der Waals surface area contributed by atoms with Crippen LogP contribution < -0.4 is 4.90 Å². The van der Waals surface area contributed by atoms with Crippen LogP contribution in [0.15, 0.2) is 24.3 Å². The minimum absolute atomic E-state index is 0.0358. The van der Waals surface area contributed by atoms with E-state index in [4.69, 9.17) is 23.7 Å². The average Bonchev–Trinajstić information content (AvgIpc) is 3.63. The first kappa shape index (κ1) is 33.7. The van der Waals surface area contributed by atoms with Crippen LogP contribution in [0.25, 0.3) is 0 Å². The molecule has 49 heavy (non-hydrogen) atoms. The normalized spacial score (nSPS) is 48.0. The third-order valence-electron chi connectivity index (χ3n) is 14.5. The van der Waals surface area contributed by atoms with E-state index in [1.54, 1.807) is 59.6 Å². The lowest BCUT2D eigenvalue weighted by Gasteiger charge is -2.70. The summed E-state index contributed by atoms with van der Waals surface area (Å²) in [6, 6.07) is 6.12. The summed E-state index contributed by atoms with van der Waals surface area (Å²) in [5, 5.41) is 26.6. The van der Waals surface area contributed by atoms with Crippen LogP contribution in [0.4, 0.5) is 5.69 Å². The number of hydrogen-bond donors (Lipinski definition) is 2.